The Bertz CT molecular complexity index is 594. The van der Waals surface area contributed by atoms with Crippen LogP contribution in [0.25, 0.3) is 0 Å². The molecule has 0 radical (unpaired) electrons. The quantitative estimate of drug-likeness (QED) is 0.845. The third-order valence-corrected chi connectivity index (χ3v) is 3.72. The lowest BCUT2D eigenvalue weighted by Gasteiger charge is -2.14. The van der Waals surface area contributed by atoms with E-state index in [2.05, 4.69) is 39.0 Å². The van der Waals surface area contributed by atoms with Gasteiger partial charge in [0.1, 0.15) is 5.76 Å². The second-order valence-corrected chi connectivity index (χ2v) is 5.24. The van der Waals surface area contributed by atoms with Crippen molar-refractivity contribution in [3.8, 4) is 0 Å². The average Bonchev–Trinajstić information content (AvgIpc) is 2.93. The van der Waals surface area contributed by atoms with Crippen molar-refractivity contribution in [2.75, 3.05) is 7.11 Å². The molecule has 0 saturated carbocycles. The molecular formula is C15H16BrNO3. The predicted octanol–water partition coefficient (Wildman–Crippen LogP) is 3.68. The molecule has 1 atom stereocenters. The SMILES string of the molecule is COC(=O)c1ccc(CNC(C)c2ccccc2Br)o1. The Labute approximate surface area is 126 Å². The standard InChI is InChI=1S/C15H16BrNO3/c1-10(12-5-3-4-6-13(12)16)17-9-11-7-8-14(20-11)15(18)19-2/h3-8,10,17H,9H2,1-2H3. The molecule has 0 amide bonds. The van der Waals surface area contributed by atoms with Crippen LogP contribution in [-0.2, 0) is 11.3 Å². The summed E-state index contributed by atoms with van der Waals surface area (Å²) in [6, 6.07) is 11.6. The van der Waals surface area contributed by atoms with E-state index in [4.69, 9.17) is 4.42 Å². The highest BCUT2D eigenvalue weighted by Crippen LogP contribution is 2.23. The molecule has 1 aromatic heterocycles. The summed E-state index contributed by atoms with van der Waals surface area (Å²) in [6.45, 7) is 2.61. The van der Waals surface area contributed by atoms with Gasteiger partial charge in [-0.2, -0.15) is 0 Å². The van der Waals surface area contributed by atoms with Crippen LogP contribution in [0.4, 0.5) is 0 Å². The summed E-state index contributed by atoms with van der Waals surface area (Å²) in [5, 5.41) is 3.35. The molecule has 0 aliphatic rings. The fraction of sp³-hybridized carbons (Fsp3) is 0.267. The molecule has 0 bridgehead atoms. The Kier molecular flexibility index (Phi) is 4.98. The minimum Gasteiger partial charge on any atom is -0.463 e. The van der Waals surface area contributed by atoms with E-state index in [-0.39, 0.29) is 11.8 Å². The van der Waals surface area contributed by atoms with Crippen LogP contribution in [-0.4, -0.2) is 13.1 Å². The first-order valence-corrected chi connectivity index (χ1v) is 7.06. The van der Waals surface area contributed by atoms with Crippen molar-refractivity contribution in [2.24, 2.45) is 0 Å². The summed E-state index contributed by atoms with van der Waals surface area (Å²) in [5.41, 5.74) is 1.17. The monoisotopic (exact) mass is 337 g/mol. The molecular weight excluding hydrogens is 322 g/mol. The number of carbonyl (C=O) groups is 1. The van der Waals surface area contributed by atoms with E-state index in [1.165, 1.54) is 12.7 Å². The van der Waals surface area contributed by atoms with Crippen molar-refractivity contribution in [3.05, 3.63) is 58.0 Å². The van der Waals surface area contributed by atoms with Gasteiger partial charge in [0.2, 0.25) is 5.76 Å². The van der Waals surface area contributed by atoms with Crippen LogP contribution in [0.1, 0.15) is 34.8 Å². The van der Waals surface area contributed by atoms with Gasteiger partial charge in [0.15, 0.2) is 0 Å². The first-order chi connectivity index (χ1) is 9.61. The van der Waals surface area contributed by atoms with E-state index < -0.39 is 5.97 Å². The third-order valence-electron chi connectivity index (χ3n) is 3.00. The third kappa shape index (κ3) is 3.49. The van der Waals surface area contributed by atoms with Crippen LogP contribution < -0.4 is 5.32 Å². The summed E-state index contributed by atoms with van der Waals surface area (Å²) in [6.07, 6.45) is 0. The van der Waals surface area contributed by atoms with Gasteiger partial charge in [0.05, 0.1) is 13.7 Å². The van der Waals surface area contributed by atoms with Gasteiger partial charge in [-0.25, -0.2) is 4.79 Å². The van der Waals surface area contributed by atoms with Gasteiger partial charge in [-0.15, -0.1) is 0 Å². The Hall–Kier alpha value is -1.59. The van der Waals surface area contributed by atoms with Crippen LogP contribution in [0.3, 0.4) is 0 Å². The molecule has 0 spiro atoms. The number of hydrogen-bond acceptors (Lipinski definition) is 4. The van der Waals surface area contributed by atoms with E-state index in [1.54, 1.807) is 12.1 Å². The van der Waals surface area contributed by atoms with Crippen molar-refractivity contribution in [3.63, 3.8) is 0 Å². The zero-order valence-corrected chi connectivity index (χ0v) is 12.9. The van der Waals surface area contributed by atoms with Crippen molar-refractivity contribution < 1.29 is 13.9 Å². The molecule has 5 heteroatoms. The van der Waals surface area contributed by atoms with E-state index in [0.717, 1.165) is 4.47 Å². The minimum atomic E-state index is -0.463. The molecule has 4 nitrogen and oxygen atoms in total. The molecule has 0 aliphatic heterocycles. The number of ether oxygens (including phenoxy) is 1. The van der Waals surface area contributed by atoms with E-state index in [9.17, 15) is 4.79 Å². The number of benzene rings is 1. The number of hydrogen-bond donors (Lipinski definition) is 1. The van der Waals surface area contributed by atoms with Gasteiger partial charge in [-0.3, -0.25) is 0 Å². The molecule has 106 valence electrons. The van der Waals surface area contributed by atoms with Crippen molar-refractivity contribution >= 4 is 21.9 Å². The van der Waals surface area contributed by atoms with Crippen LogP contribution in [0.5, 0.6) is 0 Å². The molecule has 0 saturated heterocycles. The molecule has 0 aliphatic carbocycles. The molecule has 1 heterocycles. The van der Waals surface area contributed by atoms with Gasteiger partial charge in [0.25, 0.3) is 0 Å². The molecule has 0 fully saturated rings. The maximum atomic E-state index is 11.3. The van der Waals surface area contributed by atoms with Gasteiger partial charge < -0.3 is 14.5 Å². The lowest BCUT2D eigenvalue weighted by Crippen LogP contribution is -2.18. The highest BCUT2D eigenvalue weighted by molar-refractivity contribution is 9.10. The highest BCUT2D eigenvalue weighted by atomic mass is 79.9. The molecule has 2 aromatic rings. The number of rotatable bonds is 5. The first kappa shape index (κ1) is 14.8. The Balaban J connectivity index is 1.97. The summed E-state index contributed by atoms with van der Waals surface area (Å²) in [7, 11) is 1.33. The average molecular weight is 338 g/mol. The lowest BCUT2D eigenvalue weighted by molar-refractivity contribution is 0.0563. The summed E-state index contributed by atoms with van der Waals surface area (Å²) >= 11 is 3.53. The number of nitrogens with one attached hydrogen (secondary N) is 1. The number of furan rings is 1. The zero-order chi connectivity index (χ0) is 14.5. The van der Waals surface area contributed by atoms with Crippen LogP contribution in [0.2, 0.25) is 0 Å². The molecule has 2 rings (SSSR count). The Morgan fingerprint density at radius 3 is 2.80 bits per heavy atom. The topological polar surface area (TPSA) is 51.5 Å². The van der Waals surface area contributed by atoms with Crippen LogP contribution >= 0.6 is 15.9 Å². The molecule has 20 heavy (non-hydrogen) atoms. The summed E-state index contributed by atoms with van der Waals surface area (Å²) in [5.74, 6) is 0.456. The van der Waals surface area contributed by atoms with Crippen LogP contribution in [0, 0.1) is 0 Å². The van der Waals surface area contributed by atoms with E-state index >= 15 is 0 Å². The Morgan fingerprint density at radius 1 is 1.35 bits per heavy atom. The predicted molar refractivity (Wildman–Crippen MR) is 79.4 cm³/mol. The maximum Gasteiger partial charge on any atom is 0.373 e. The first-order valence-electron chi connectivity index (χ1n) is 6.26. The fourth-order valence-corrected chi connectivity index (χ4v) is 2.50. The smallest absolute Gasteiger partial charge is 0.373 e. The number of esters is 1. The largest absolute Gasteiger partial charge is 0.463 e. The maximum absolute atomic E-state index is 11.3. The minimum absolute atomic E-state index is 0.164. The van der Waals surface area contributed by atoms with Crippen molar-refractivity contribution in [2.45, 2.75) is 19.5 Å². The summed E-state index contributed by atoms with van der Waals surface area (Å²) in [4.78, 5) is 11.3. The second-order valence-electron chi connectivity index (χ2n) is 4.38. The number of methoxy groups -OCH3 is 1. The van der Waals surface area contributed by atoms with Gasteiger partial charge in [0, 0.05) is 10.5 Å². The van der Waals surface area contributed by atoms with E-state index in [1.807, 2.05) is 18.2 Å². The Morgan fingerprint density at radius 2 is 2.10 bits per heavy atom. The second kappa shape index (κ2) is 6.72. The number of halogens is 1. The van der Waals surface area contributed by atoms with Crippen LogP contribution in [0.15, 0.2) is 45.3 Å². The van der Waals surface area contributed by atoms with Gasteiger partial charge in [-0.05, 0) is 30.7 Å². The number of carbonyl (C=O) groups excluding carboxylic acids is 1. The highest BCUT2D eigenvalue weighted by Gasteiger charge is 2.12. The van der Waals surface area contributed by atoms with Crippen molar-refractivity contribution in [1.29, 1.82) is 0 Å². The van der Waals surface area contributed by atoms with Gasteiger partial charge >= 0.3 is 5.97 Å². The normalized spacial score (nSPS) is 12.2. The molecule has 1 aromatic carbocycles. The molecule has 1 unspecified atom stereocenters. The lowest BCUT2D eigenvalue weighted by atomic mass is 10.1. The van der Waals surface area contributed by atoms with Gasteiger partial charge in [-0.1, -0.05) is 34.1 Å². The van der Waals surface area contributed by atoms with E-state index in [0.29, 0.717) is 12.3 Å². The zero-order valence-electron chi connectivity index (χ0n) is 11.4. The van der Waals surface area contributed by atoms with Crippen molar-refractivity contribution in [1.82, 2.24) is 5.32 Å². The summed E-state index contributed by atoms with van der Waals surface area (Å²) < 4.78 is 11.1. The fourth-order valence-electron chi connectivity index (χ4n) is 1.87. The molecule has 1 N–H and O–H groups in total.